The number of hydrogen-bond acceptors (Lipinski definition) is 5. The standard InChI is InChI=1S/C78H151NO5/c1-3-5-7-9-11-13-15-17-19-21-22-23-24-30-33-36-39-42-46-50-54-58-62-66-70-76(81)75(74-80)79-77(82)71-67-63-59-55-51-47-43-40-37-34-31-28-26-25-27-29-32-35-38-41-45-49-53-57-61-65-69-73-84-78(83)72-68-64-60-56-52-48-44-20-18-16-14-12-10-8-6-4-2/h25-26,29,32,75-76,80-81H,3-24,27-28,30-31,33-74H2,1-2H3,(H,79,82)/b26-25-,32-29-. The Morgan fingerprint density at radius 2 is 0.595 bits per heavy atom. The van der Waals surface area contributed by atoms with Crippen molar-refractivity contribution in [1.82, 2.24) is 5.32 Å². The van der Waals surface area contributed by atoms with Crippen molar-refractivity contribution in [2.45, 2.75) is 450 Å². The molecule has 0 saturated heterocycles. The van der Waals surface area contributed by atoms with E-state index in [-0.39, 0.29) is 18.5 Å². The van der Waals surface area contributed by atoms with E-state index in [4.69, 9.17) is 4.74 Å². The first kappa shape index (κ1) is 82.3. The molecule has 6 nitrogen and oxygen atoms in total. The maximum atomic E-state index is 12.6. The van der Waals surface area contributed by atoms with Gasteiger partial charge in [0, 0.05) is 12.8 Å². The van der Waals surface area contributed by atoms with Gasteiger partial charge in [-0.2, -0.15) is 0 Å². The maximum absolute atomic E-state index is 12.6. The zero-order valence-electron chi connectivity index (χ0n) is 57.2. The van der Waals surface area contributed by atoms with Crippen molar-refractivity contribution in [3.8, 4) is 0 Å². The fourth-order valence-electron chi connectivity index (χ4n) is 12.4. The van der Waals surface area contributed by atoms with Crippen molar-refractivity contribution in [3.05, 3.63) is 24.3 Å². The molecule has 2 unspecified atom stereocenters. The van der Waals surface area contributed by atoms with E-state index in [9.17, 15) is 19.8 Å². The molecule has 0 rings (SSSR count). The number of amides is 1. The molecule has 84 heavy (non-hydrogen) atoms. The van der Waals surface area contributed by atoms with E-state index in [2.05, 4.69) is 43.5 Å². The van der Waals surface area contributed by atoms with Gasteiger partial charge in [0.15, 0.2) is 0 Å². The summed E-state index contributed by atoms with van der Waals surface area (Å²) in [7, 11) is 0. The fourth-order valence-corrected chi connectivity index (χ4v) is 12.4. The SMILES string of the molecule is CCCCCCCCCCCCCCCCCCCCCCCCCCC(O)C(CO)NC(=O)CCCCCCCCCCCCC/C=C\C/C=C\CCCCCCCCCCCOC(=O)CCCCCCCCCCCCCCCCCC. The zero-order chi connectivity index (χ0) is 60.6. The molecule has 0 aromatic heterocycles. The number of rotatable bonds is 73. The minimum Gasteiger partial charge on any atom is -0.466 e. The summed E-state index contributed by atoms with van der Waals surface area (Å²) < 4.78 is 5.50. The lowest BCUT2D eigenvalue weighted by molar-refractivity contribution is -0.143. The van der Waals surface area contributed by atoms with Crippen molar-refractivity contribution in [1.29, 1.82) is 0 Å². The van der Waals surface area contributed by atoms with E-state index >= 15 is 0 Å². The zero-order valence-corrected chi connectivity index (χ0v) is 57.2. The van der Waals surface area contributed by atoms with Crippen LogP contribution in [-0.2, 0) is 14.3 Å². The molecule has 0 aromatic carbocycles. The van der Waals surface area contributed by atoms with Crippen LogP contribution >= 0.6 is 0 Å². The maximum Gasteiger partial charge on any atom is 0.305 e. The Bertz CT molecular complexity index is 1320. The predicted molar refractivity (Wildman–Crippen MR) is 370 cm³/mol. The van der Waals surface area contributed by atoms with Gasteiger partial charge in [-0.3, -0.25) is 9.59 Å². The summed E-state index contributed by atoms with van der Waals surface area (Å²) >= 11 is 0. The van der Waals surface area contributed by atoms with E-state index in [1.165, 1.54) is 360 Å². The molecular weight excluding hydrogens is 1030 g/mol. The highest BCUT2D eigenvalue weighted by atomic mass is 16.5. The van der Waals surface area contributed by atoms with Crippen LogP contribution in [-0.4, -0.2) is 47.4 Å². The Balaban J connectivity index is 3.40. The van der Waals surface area contributed by atoms with Crippen LogP contribution in [0.4, 0.5) is 0 Å². The number of unbranched alkanes of at least 4 members (excludes halogenated alkanes) is 58. The van der Waals surface area contributed by atoms with Crippen LogP contribution in [0.2, 0.25) is 0 Å². The van der Waals surface area contributed by atoms with Gasteiger partial charge in [-0.1, -0.05) is 391 Å². The van der Waals surface area contributed by atoms with Gasteiger partial charge in [-0.05, 0) is 57.8 Å². The largest absolute Gasteiger partial charge is 0.466 e. The molecule has 0 radical (unpaired) electrons. The molecule has 0 saturated carbocycles. The van der Waals surface area contributed by atoms with E-state index < -0.39 is 12.1 Å². The highest BCUT2D eigenvalue weighted by Crippen LogP contribution is 2.20. The molecule has 2 atom stereocenters. The summed E-state index contributed by atoms with van der Waals surface area (Å²) in [4.78, 5) is 24.7. The number of carbonyl (C=O) groups excluding carboxylic acids is 2. The average molecular weight is 1180 g/mol. The molecule has 0 fully saturated rings. The molecule has 6 heteroatoms. The molecule has 1 amide bonds. The molecule has 0 aliphatic carbocycles. The highest BCUT2D eigenvalue weighted by molar-refractivity contribution is 5.76. The van der Waals surface area contributed by atoms with Crippen LogP contribution < -0.4 is 5.32 Å². The van der Waals surface area contributed by atoms with Crippen molar-refractivity contribution in [2.75, 3.05) is 13.2 Å². The summed E-state index contributed by atoms with van der Waals surface area (Å²) in [6.07, 6.45) is 93.9. The number of aliphatic hydroxyl groups excluding tert-OH is 2. The Morgan fingerprint density at radius 1 is 0.333 bits per heavy atom. The van der Waals surface area contributed by atoms with Crippen LogP contribution in [0.1, 0.15) is 438 Å². The molecule has 498 valence electrons. The number of carbonyl (C=O) groups is 2. The first-order chi connectivity index (χ1) is 41.5. The highest BCUT2D eigenvalue weighted by Gasteiger charge is 2.20. The Morgan fingerprint density at radius 3 is 0.905 bits per heavy atom. The monoisotopic (exact) mass is 1180 g/mol. The second kappa shape index (κ2) is 73.8. The Hall–Kier alpha value is -1.66. The Kier molecular flexibility index (Phi) is 72.3. The second-order valence-corrected chi connectivity index (χ2v) is 26.7. The lowest BCUT2D eigenvalue weighted by Crippen LogP contribution is -2.45. The molecule has 3 N–H and O–H groups in total. The quantitative estimate of drug-likeness (QED) is 0.0320. The third kappa shape index (κ3) is 69.4. The number of allylic oxidation sites excluding steroid dienone is 4. The van der Waals surface area contributed by atoms with Crippen molar-refractivity contribution in [3.63, 3.8) is 0 Å². The second-order valence-electron chi connectivity index (χ2n) is 26.7. The van der Waals surface area contributed by atoms with Gasteiger partial charge in [0.05, 0.1) is 25.4 Å². The van der Waals surface area contributed by atoms with Crippen molar-refractivity contribution >= 4 is 11.9 Å². The van der Waals surface area contributed by atoms with Gasteiger partial charge in [0.1, 0.15) is 0 Å². The number of ether oxygens (including phenoxy) is 1. The summed E-state index contributed by atoms with van der Waals surface area (Å²) in [5, 5.41) is 23.5. The smallest absolute Gasteiger partial charge is 0.305 e. The number of esters is 1. The van der Waals surface area contributed by atoms with Crippen molar-refractivity contribution < 1.29 is 24.5 Å². The van der Waals surface area contributed by atoms with Crippen LogP contribution in [0.3, 0.4) is 0 Å². The summed E-state index contributed by atoms with van der Waals surface area (Å²) in [6, 6.07) is -0.545. The van der Waals surface area contributed by atoms with Gasteiger partial charge < -0.3 is 20.3 Å². The number of hydrogen-bond donors (Lipinski definition) is 3. The van der Waals surface area contributed by atoms with E-state index in [0.717, 1.165) is 44.9 Å². The normalized spacial score (nSPS) is 12.6. The summed E-state index contributed by atoms with van der Waals surface area (Å²) in [5.74, 6) is -0.0175. The minimum atomic E-state index is -0.668. The summed E-state index contributed by atoms with van der Waals surface area (Å²) in [5.41, 5.74) is 0. The van der Waals surface area contributed by atoms with Crippen LogP contribution in [0.15, 0.2) is 24.3 Å². The van der Waals surface area contributed by atoms with Gasteiger partial charge in [-0.15, -0.1) is 0 Å². The van der Waals surface area contributed by atoms with Crippen LogP contribution in [0.5, 0.6) is 0 Å². The lowest BCUT2D eigenvalue weighted by atomic mass is 10.0. The fraction of sp³-hybridized carbons (Fsp3) is 0.923. The third-order valence-electron chi connectivity index (χ3n) is 18.3. The average Bonchev–Trinajstić information content (AvgIpc) is 3.51. The topological polar surface area (TPSA) is 95.9 Å². The van der Waals surface area contributed by atoms with Gasteiger partial charge in [0.2, 0.25) is 5.91 Å². The molecular formula is C78H151NO5. The van der Waals surface area contributed by atoms with Gasteiger partial charge >= 0.3 is 5.97 Å². The van der Waals surface area contributed by atoms with E-state index in [1.807, 2.05) is 0 Å². The van der Waals surface area contributed by atoms with Crippen molar-refractivity contribution in [2.24, 2.45) is 0 Å². The summed E-state index contributed by atoms with van der Waals surface area (Å²) in [6.45, 7) is 5.00. The van der Waals surface area contributed by atoms with Gasteiger partial charge in [0.25, 0.3) is 0 Å². The molecule has 0 aliphatic rings. The Labute approximate surface area is 526 Å². The van der Waals surface area contributed by atoms with Gasteiger partial charge in [-0.25, -0.2) is 0 Å². The van der Waals surface area contributed by atoms with Crippen LogP contribution in [0, 0.1) is 0 Å². The van der Waals surface area contributed by atoms with Crippen LogP contribution in [0.25, 0.3) is 0 Å². The predicted octanol–water partition coefficient (Wildman–Crippen LogP) is 25.3. The molecule has 0 spiro atoms. The first-order valence-electron chi connectivity index (χ1n) is 38.6. The molecule has 0 aliphatic heterocycles. The third-order valence-corrected chi connectivity index (χ3v) is 18.3. The molecule has 0 heterocycles. The van der Waals surface area contributed by atoms with E-state index in [0.29, 0.717) is 25.9 Å². The van der Waals surface area contributed by atoms with E-state index in [1.54, 1.807) is 0 Å². The molecule has 0 aromatic rings. The number of nitrogens with one attached hydrogen (secondary N) is 1. The lowest BCUT2D eigenvalue weighted by Gasteiger charge is -2.22. The first-order valence-corrected chi connectivity index (χ1v) is 38.6. The molecule has 0 bridgehead atoms. The minimum absolute atomic E-state index is 0.0152. The number of aliphatic hydroxyl groups is 2.